The summed E-state index contributed by atoms with van der Waals surface area (Å²) < 4.78 is 6.53. The molecule has 0 radical (unpaired) electrons. The van der Waals surface area contributed by atoms with Gasteiger partial charge in [0, 0.05) is 0 Å². The van der Waals surface area contributed by atoms with Crippen LogP contribution in [0.1, 0.15) is 38.9 Å². The smallest absolute Gasteiger partial charge is 0.337 e. The van der Waals surface area contributed by atoms with Crippen molar-refractivity contribution < 1.29 is 14.3 Å². The van der Waals surface area contributed by atoms with Gasteiger partial charge in [0.2, 0.25) is 0 Å². The SMILES string of the molecule is CCc1c(C(=O)Nc2cc(C(=O)OC)ccc2Cl)cnn1Cc1ccccc1. The van der Waals surface area contributed by atoms with Gasteiger partial charge < -0.3 is 10.1 Å². The minimum atomic E-state index is -0.503. The monoisotopic (exact) mass is 397 g/mol. The molecule has 3 rings (SSSR count). The van der Waals surface area contributed by atoms with Crippen LogP contribution in [0.25, 0.3) is 0 Å². The fourth-order valence-corrected chi connectivity index (χ4v) is 3.09. The Kier molecular flexibility index (Phi) is 6.11. The Morgan fingerprint density at radius 1 is 1.18 bits per heavy atom. The summed E-state index contributed by atoms with van der Waals surface area (Å²) in [5.41, 5.74) is 3.03. The summed E-state index contributed by atoms with van der Waals surface area (Å²) >= 11 is 6.17. The molecular weight excluding hydrogens is 378 g/mol. The fraction of sp³-hybridized carbons (Fsp3) is 0.190. The number of anilines is 1. The van der Waals surface area contributed by atoms with Gasteiger partial charge in [0.25, 0.3) is 5.91 Å². The molecule has 0 aliphatic carbocycles. The van der Waals surface area contributed by atoms with Crippen molar-refractivity contribution in [3.05, 3.63) is 82.1 Å². The summed E-state index contributed by atoms with van der Waals surface area (Å²) in [5, 5.41) is 7.47. The van der Waals surface area contributed by atoms with Gasteiger partial charge in [0.05, 0.1) is 47.4 Å². The van der Waals surface area contributed by atoms with Crippen LogP contribution in [0.3, 0.4) is 0 Å². The van der Waals surface area contributed by atoms with E-state index in [1.54, 1.807) is 18.3 Å². The van der Waals surface area contributed by atoms with E-state index >= 15 is 0 Å². The first-order chi connectivity index (χ1) is 13.5. The molecule has 1 N–H and O–H groups in total. The Hall–Kier alpha value is -3.12. The van der Waals surface area contributed by atoms with Crippen LogP contribution >= 0.6 is 11.6 Å². The molecule has 0 unspecified atom stereocenters. The van der Waals surface area contributed by atoms with E-state index in [2.05, 4.69) is 10.4 Å². The van der Waals surface area contributed by atoms with E-state index in [0.717, 1.165) is 11.3 Å². The highest BCUT2D eigenvalue weighted by Gasteiger charge is 2.18. The summed E-state index contributed by atoms with van der Waals surface area (Å²) in [7, 11) is 1.30. The van der Waals surface area contributed by atoms with Gasteiger partial charge in [-0.05, 0) is 30.2 Å². The van der Waals surface area contributed by atoms with Crippen molar-refractivity contribution in [3.63, 3.8) is 0 Å². The van der Waals surface area contributed by atoms with Gasteiger partial charge in [-0.3, -0.25) is 9.48 Å². The maximum Gasteiger partial charge on any atom is 0.337 e. The number of hydrogen-bond donors (Lipinski definition) is 1. The number of amides is 1. The number of nitrogens with zero attached hydrogens (tertiary/aromatic N) is 2. The van der Waals surface area contributed by atoms with Gasteiger partial charge in [-0.25, -0.2) is 4.79 Å². The van der Waals surface area contributed by atoms with E-state index in [1.807, 2.05) is 41.9 Å². The molecule has 144 valence electrons. The minimum absolute atomic E-state index is 0.303. The molecule has 7 heteroatoms. The first-order valence-electron chi connectivity index (χ1n) is 8.81. The maximum absolute atomic E-state index is 12.8. The number of carbonyl (C=O) groups is 2. The van der Waals surface area contributed by atoms with Crippen molar-refractivity contribution in [2.24, 2.45) is 0 Å². The molecule has 3 aromatic rings. The zero-order chi connectivity index (χ0) is 20.1. The van der Waals surface area contributed by atoms with E-state index in [9.17, 15) is 9.59 Å². The largest absolute Gasteiger partial charge is 0.465 e. The van der Waals surface area contributed by atoms with Crippen LogP contribution in [0.4, 0.5) is 5.69 Å². The van der Waals surface area contributed by atoms with Gasteiger partial charge in [-0.1, -0.05) is 48.9 Å². The zero-order valence-electron chi connectivity index (χ0n) is 15.6. The normalized spacial score (nSPS) is 10.5. The average Bonchev–Trinajstić information content (AvgIpc) is 3.12. The highest BCUT2D eigenvalue weighted by atomic mass is 35.5. The molecule has 1 aromatic heterocycles. The topological polar surface area (TPSA) is 73.2 Å². The van der Waals surface area contributed by atoms with E-state index in [-0.39, 0.29) is 5.91 Å². The minimum Gasteiger partial charge on any atom is -0.465 e. The van der Waals surface area contributed by atoms with Crippen molar-refractivity contribution in [3.8, 4) is 0 Å². The molecule has 2 aromatic carbocycles. The summed E-state index contributed by atoms with van der Waals surface area (Å²) in [6.07, 6.45) is 2.20. The molecular formula is C21H20ClN3O3. The molecule has 0 bridgehead atoms. The summed E-state index contributed by atoms with van der Waals surface area (Å²) in [5.74, 6) is -0.836. The molecule has 0 fully saturated rings. The Morgan fingerprint density at radius 2 is 1.93 bits per heavy atom. The van der Waals surface area contributed by atoms with Crippen LogP contribution in [0.15, 0.2) is 54.7 Å². The Labute approximate surface area is 168 Å². The molecule has 0 atom stereocenters. The van der Waals surface area contributed by atoms with E-state index in [0.29, 0.717) is 34.8 Å². The summed E-state index contributed by atoms with van der Waals surface area (Å²) in [6, 6.07) is 14.5. The number of halogens is 1. The fourth-order valence-electron chi connectivity index (χ4n) is 2.92. The number of hydrogen-bond acceptors (Lipinski definition) is 4. The van der Waals surface area contributed by atoms with Gasteiger partial charge in [-0.2, -0.15) is 5.10 Å². The van der Waals surface area contributed by atoms with Crippen LogP contribution in [-0.2, 0) is 17.7 Å². The third-order valence-corrected chi connectivity index (χ3v) is 4.67. The predicted octanol–water partition coefficient (Wildman–Crippen LogP) is 4.19. The predicted molar refractivity (Wildman–Crippen MR) is 108 cm³/mol. The third kappa shape index (κ3) is 4.23. The maximum atomic E-state index is 12.8. The number of methoxy groups -OCH3 is 1. The molecule has 28 heavy (non-hydrogen) atoms. The van der Waals surface area contributed by atoms with Crippen molar-refractivity contribution in [1.82, 2.24) is 9.78 Å². The lowest BCUT2D eigenvalue weighted by molar-refractivity contribution is 0.0600. The number of ether oxygens (including phenoxy) is 1. The molecule has 0 aliphatic rings. The standard InChI is InChI=1S/C21H20ClN3O3/c1-3-19-16(12-23-25(19)13-14-7-5-4-6-8-14)20(26)24-18-11-15(21(27)28-2)9-10-17(18)22/h4-12H,3,13H2,1-2H3,(H,24,26). The molecule has 6 nitrogen and oxygen atoms in total. The number of nitrogens with one attached hydrogen (secondary N) is 1. The number of rotatable bonds is 6. The second-order valence-corrected chi connectivity index (χ2v) is 6.55. The van der Waals surface area contributed by atoms with Crippen molar-refractivity contribution in [2.75, 3.05) is 12.4 Å². The van der Waals surface area contributed by atoms with Gasteiger partial charge in [0.15, 0.2) is 0 Å². The van der Waals surface area contributed by atoms with Crippen molar-refractivity contribution in [2.45, 2.75) is 19.9 Å². The van der Waals surface area contributed by atoms with Gasteiger partial charge >= 0.3 is 5.97 Å². The lowest BCUT2D eigenvalue weighted by atomic mass is 10.1. The summed E-state index contributed by atoms with van der Waals surface area (Å²) in [4.78, 5) is 24.5. The second kappa shape index (κ2) is 8.71. The van der Waals surface area contributed by atoms with Crippen molar-refractivity contribution >= 4 is 29.2 Å². The molecule has 0 saturated carbocycles. The number of aromatic nitrogens is 2. The quantitative estimate of drug-likeness (QED) is 0.633. The van der Waals surface area contributed by atoms with E-state index < -0.39 is 5.97 Å². The lowest BCUT2D eigenvalue weighted by Crippen LogP contribution is -2.15. The zero-order valence-corrected chi connectivity index (χ0v) is 16.4. The molecule has 0 saturated heterocycles. The molecule has 0 spiro atoms. The van der Waals surface area contributed by atoms with Gasteiger partial charge in [0.1, 0.15) is 0 Å². The van der Waals surface area contributed by atoms with Crippen LogP contribution in [0, 0.1) is 0 Å². The van der Waals surface area contributed by atoms with Crippen LogP contribution in [-0.4, -0.2) is 28.8 Å². The van der Waals surface area contributed by atoms with Crippen LogP contribution in [0.5, 0.6) is 0 Å². The Bertz CT molecular complexity index is 999. The number of esters is 1. The van der Waals surface area contributed by atoms with Crippen LogP contribution < -0.4 is 5.32 Å². The van der Waals surface area contributed by atoms with Crippen LogP contribution in [0.2, 0.25) is 5.02 Å². The Morgan fingerprint density at radius 3 is 2.61 bits per heavy atom. The first-order valence-corrected chi connectivity index (χ1v) is 9.19. The molecule has 1 amide bonds. The highest BCUT2D eigenvalue weighted by molar-refractivity contribution is 6.34. The van der Waals surface area contributed by atoms with E-state index in [1.165, 1.54) is 13.2 Å². The highest BCUT2D eigenvalue weighted by Crippen LogP contribution is 2.25. The van der Waals surface area contributed by atoms with Crippen molar-refractivity contribution in [1.29, 1.82) is 0 Å². The lowest BCUT2D eigenvalue weighted by Gasteiger charge is -2.10. The van der Waals surface area contributed by atoms with Gasteiger partial charge in [-0.15, -0.1) is 0 Å². The summed E-state index contributed by atoms with van der Waals surface area (Å²) in [6.45, 7) is 2.55. The number of benzene rings is 2. The Balaban J connectivity index is 1.84. The second-order valence-electron chi connectivity index (χ2n) is 6.14. The van der Waals surface area contributed by atoms with E-state index in [4.69, 9.17) is 16.3 Å². The molecule has 1 heterocycles. The molecule has 0 aliphatic heterocycles. The number of carbonyl (C=O) groups excluding carboxylic acids is 2. The average molecular weight is 398 g/mol. The third-order valence-electron chi connectivity index (χ3n) is 4.34. The first kappa shape index (κ1) is 19.6.